The molecule has 4 nitrogen and oxygen atoms in total. The number of rotatable bonds is 3. The van der Waals surface area contributed by atoms with Gasteiger partial charge in [0.2, 0.25) is 0 Å². The Hall–Kier alpha value is -1.55. The Balaban J connectivity index is 1.94. The molecule has 0 radical (unpaired) electrons. The van der Waals surface area contributed by atoms with Crippen LogP contribution >= 0.6 is 0 Å². The van der Waals surface area contributed by atoms with E-state index < -0.39 is 0 Å². The van der Waals surface area contributed by atoms with Crippen LogP contribution in [0.4, 0.5) is 5.69 Å². The molecule has 1 aliphatic rings. The smallest absolute Gasteiger partial charge is 0.253 e. The van der Waals surface area contributed by atoms with Crippen molar-refractivity contribution in [1.82, 2.24) is 9.80 Å². The summed E-state index contributed by atoms with van der Waals surface area (Å²) in [5, 5.41) is 0. The van der Waals surface area contributed by atoms with Gasteiger partial charge in [-0.3, -0.25) is 4.79 Å². The lowest BCUT2D eigenvalue weighted by atomic mass is 10.1. The minimum atomic E-state index is 0.0737. The van der Waals surface area contributed by atoms with Crippen molar-refractivity contribution < 1.29 is 4.79 Å². The van der Waals surface area contributed by atoms with Gasteiger partial charge in [0, 0.05) is 31.4 Å². The molecule has 18 heavy (non-hydrogen) atoms. The molecule has 1 saturated heterocycles. The quantitative estimate of drug-likeness (QED) is 0.819. The summed E-state index contributed by atoms with van der Waals surface area (Å²) in [7, 11) is 4.00. The fourth-order valence-corrected chi connectivity index (χ4v) is 2.49. The number of carbonyl (C=O) groups excluding carboxylic acids is 1. The lowest BCUT2D eigenvalue weighted by molar-refractivity contribution is 0.0774. The molecule has 1 atom stereocenters. The van der Waals surface area contributed by atoms with E-state index in [0.29, 0.717) is 17.2 Å². The van der Waals surface area contributed by atoms with Gasteiger partial charge in [-0.2, -0.15) is 0 Å². The van der Waals surface area contributed by atoms with Gasteiger partial charge >= 0.3 is 0 Å². The predicted molar refractivity (Wildman–Crippen MR) is 73.4 cm³/mol. The Labute approximate surface area is 108 Å². The number of nitrogens with two attached hydrogens (primary N) is 1. The Morgan fingerprint density at radius 2 is 2.11 bits per heavy atom. The highest BCUT2D eigenvalue weighted by Crippen LogP contribution is 2.16. The van der Waals surface area contributed by atoms with Crippen molar-refractivity contribution in [3.63, 3.8) is 0 Å². The number of anilines is 1. The fourth-order valence-electron chi connectivity index (χ4n) is 2.49. The maximum atomic E-state index is 12.2. The van der Waals surface area contributed by atoms with Crippen LogP contribution in [0, 0.1) is 5.92 Å². The van der Waals surface area contributed by atoms with Crippen molar-refractivity contribution in [3.05, 3.63) is 29.8 Å². The summed E-state index contributed by atoms with van der Waals surface area (Å²) < 4.78 is 0. The first-order valence-corrected chi connectivity index (χ1v) is 6.36. The van der Waals surface area contributed by atoms with Crippen LogP contribution < -0.4 is 5.73 Å². The molecule has 0 spiro atoms. The van der Waals surface area contributed by atoms with E-state index in [1.54, 1.807) is 24.3 Å². The van der Waals surface area contributed by atoms with Crippen LogP contribution in [0.25, 0.3) is 0 Å². The molecule has 1 amide bonds. The number of amides is 1. The van der Waals surface area contributed by atoms with Gasteiger partial charge in [0.1, 0.15) is 0 Å². The summed E-state index contributed by atoms with van der Waals surface area (Å²) in [6, 6.07) is 7.11. The zero-order valence-corrected chi connectivity index (χ0v) is 11.1. The zero-order valence-electron chi connectivity index (χ0n) is 11.1. The van der Waals surface area contributed by atoms with Gasteiger partial charge in [-0.15, -0.1) is 0 Å². The van der Waals surface area contributed by atoms with Gasteiger partial charge in [-0.05, 0) is 50.2 Å². The number of hydrogen-bond donors (Lipinski definition) is 1. The zero-order chi connectivity index (χ0) is 13.1. The molecule has 2 rings (SSSR count). The molecule has 0 aromatic heterocycles. The van der Waals surface area contributed by atoms with Crippen molar-refractivity contribution in [2.24, 2.45) is 5.92 Å². The SMILES string of the molecule is CN1CCC(CN(C)C(=O)c2ccc(N)cc2)C1. The molecule has 0 saturated carbocycles. The molecule has 1 fully saturated rings. The van der Waals surface area contributed by atoms with E-state index >= 15 is 0 Å². The standard InChI is InChI=1S/C14H21N3O/c1-16-8-7-11(9-16)10-17(2)14(18)12-3-5-13(15)6-4-12/h3-6,11H,7-10,15H2,1-2H3. The highest BCUT2D eigenvalue weighted by atomic mass is 16.2. The van der Waals surface area contributed by atoms with E-state index in [1.165, 1.54) is 6.42 Å². The van der Waals surface area contributed by atoms with Crippen molar-refractivity contribution in [2.75, 3.05) is 39.5 Å². The maximum absolute atomic E-state index is 12.2. The predicted octanol–water partition coefficient (Wildman–Crippen LogP) is 1.29. The van der Waals surface area contributed by atoms with Crippen molar-refractivity contribution >= 4 is 11.6 Å². The summed E-state index contributed by atoms with van der Waals surface area (Å²) in [5.41, 5.74) is 7.01. The molecule has 2 N–H and O–H groups in total. The Morgan fingerprint density at radius 1 is 1.44 bits per heavy atom. The number of carbonyl (C=O) groups is 1. The number of benzene rings is 1. The van der Waals surface area contributed by atoms with Crippen molar-refractivity contribution in [1.29, 1.82) is 0 Å². The van der Waals surface area contributed by atoms with Gasteiger partial charge in [-0.1, -0.05) is 0 Å². The third kappa shape index (κ3) is 3.01. The molecule has 1 unspecified atom stereocenters. The Kier molecular flexibility index (Phi) is 3.87. The maximum Gasteiger partial charge on any atom is 0.253 e. The second-order valence-corrected chi connectivity index (χ2v) is 5.22. The first kappa shape index (κ1) is 12.9. The van der Waals surface area contributed by atoms with Gasteiger partial charge in [0.25, 0.3) is 5.91 Å². The summed E-state index contributed by atoms with van der Waals surface area (Å²) in [6.45, 7) is 3.04. The minimum absolute atomic E-state index is 0.0737. The molecule has 1 heterocycles. The van der Waals surface area contributed by atoms with Crippen LogP contribution in [0.2, 0.25) is 0 Å². The van der Waals surface area contributed by atoms with Crippen LogP contribution in [0.15, 0.2) is 24.3 Å². The molecule has 1 aliphatic heterocycles. The normalized spacial score (nSPS) is 20.0. The number of hydrogen-bond acceptors (Lipinski definition) is 3. The minimum Gasteiger partial charge on any atom is -0.399 e. The molecule has 98 valence electrons. The van der Waals surface area contributed by atoms with E-state index in [0.717, 1.165) is 19.6 Å². The molecular formula is C14H21N3O. The van der Waals surface area contributed by atoms with Crippen LogP contribution in [0.3, 0.4) is 0 Å². The second-order valence-electron chi connectivity index (χ2n) is 5.22. The van der Waals surface area contributed by atoms with Crippen LogP contribution in [0.1, 0.15) is 16.8 Å². The second kappa shape index (κ2) is 5.40. The van der Waals surface area contributed by atoms with Crippen LogP contribution in [-0.2, 0) is 0 Å². The molecule has 0 aliphatic carbocycles. The summed E-state index contributed by atoms with van der Waals surface area (Å²) in [5.74, 6) is 0.669. The van der Waals surface area contributed by atoms with Crippen LogP contribution in [-0.4, -0.2) is 49.4 Å². The first-order valence-electron chi connectivity index (χ1n) is 6.36. The number of nitrogens with zero attached hydrogens (tertiary/aromatic N) is 2. The van der Waals surface area contributed by atoms with E-state index in [4.69, 9.17) is 5.73 Å². The van der Waals surface area contributed by atoms with E-state index in [1.807, 2.05) is 11.9 Å². The average Bonchev–Trinajstić information content (AvgIpc) is 2.75. The summed E-state index contributed by atoms with van der Waals surface area (Å²) >= 11 is 0. The number of nitrogen functional groups attached to an aromatic ring is 1. The Morgan fingerprint density at radius 3 is 2.67 bits per heavy atom. The lowest BCUT2D eigenvalue weighted by Crippen LogP contribution is -2.32. The summed E-state index contributed by atoms with van der Waals surface area (Å²) in [4.78, 5) is 16.3. The van der Waals surface area contributed by atoms with E-state index in [2.05, 4.69) is 11.9 Å². The topological polar surface area (TPSA) is 49.6 Å². The third-order valence-corrected chi connectivity index (χ3v) is 3.53. The van der Waals surface area contributed by atoms with Crippen LogP contribution in [0.5, 0.6) is 0 Å². The van der Waals surface area contributed by atoms with E-state index in [-0.39, 0.29) is 5.91 Å². The fraction of sp³-hybridized carbons (Fsp3) is 0.500. The summed E-state index contributed by atoms with van der Waals surface area (Å²) in [6.07, 6.45) is 1.18. The van der Waals surface area contributed by atoms with Gasteiger partial charge in [-0.25, -0.2) is 0 Å². The van der Waals surface area contributed by atoms with Gasteiger partial charge in [0.05, 0.1) is 0 Å². The molecule has 4 heteroatoms. The monoisotopic (exact) mass is 247 g/mol. The van der Waals surface area contributed by atoms with Crippen molar-refractivity contribution in [2.45, 2.75) is 6.42 Å². The average molecular weight is 247 g/mol. The molecular weight excluding hydrogens is 226 g/mol. The molecule has 0 bridgehead atoms. The van der Waals surface area contributed by atoms with Gasteiger partial charge in [0.15, 0.2) is 0 Å². The first-order chi connectivity index (χ1) is 8.56. The third-order valence-electron chi connectivity index (χ3n) is 3.53. The van der Waals surface area contributed by atoms with Gasteiger partial charge < -0.3 is 15.5 Å². The highest BCUT2D eigenvalue weighted by Gasteiger charge is 2.22. The Bertz CT molecular complexity index is 416. The van der Waals surface area contributed by atoms with Crippen molar-refractivity contribution in [3.8, 4) is 0 Å². The van der Waals surface area contributed by atoms with E-state index in [9.17, 15) is 4.79 Å². The molecule has 1 aromatic carbocycles. The highest BCUT2D eigenvalue weighted by molar-refractivity contribution is 5.94. The lowest BCUT2D eigenvalue weighted by Gasteiger charge is -2.21. The largest absolute Gasteiger partial charge is 0.399 e. The number of likely N-dealkylation sites (tertiary alicyclic amines) is 1. The molecule has 1 aromatic rings.